The fourth-order valence-corrected chi connectivity index (χ4v) is 6.05. The molecule has 5 rings (SSSR count). The maximum absolute atomic E-state index is 4.82. The van der Waals surface area contributed by atoms with Crippen LogP contribution in [-0.4, -0.2) is 21.4 Å². The van der Waals surface area contributed by atoms with Crippen LogP contribution in [-0.2, 0) is 19.5 Å². The molecule has 0 amide bonds. The van der Waals surface area contributed by atoms with Gasteiger partial charge in [-0.2, -0.15) is 0 Å². The molecule has 1 aliphatic rings. The highest BCUT2D eigenvalue weighted by Crippen LogP contribution is 2.36. The van der Waals surface area contributed by atoms with Crippen LogP contribution in [0.25, 0.3) is 20.8 Å². The highest BCUT2D eigenvalue weighted by molar-refractivity contribution is 9.10. The molecule has 0 spiro atoms. The molecular weight excluding hydrogens is 426 g/mol. The SMILES string of the molecule is Brc1c(CN2CCc3nc(-c4cccs4)ncc3C2)sc2ccccc12. The molecule has 0 fully saturated rings. The van der Waals surface area contributed by atoms with Gasteiger partial charge < -0.3 is 0 Å². The topological polar surface area (TPSA) is 29.0 Å². The van der Waals surface area contributed by atoms with Crippen molar-refractivity contribution < 1.29 is 0 Å². The molecule has 0 aliphatic carbocycles. The van der Waals surface area contributed by atoms with E-state index < -0.39 is 0 Å². The highest BCUT2D eigenvalue weighted by Gasteiger charge is 2.21. The largest absolute Gasteiger partial charge is 0.293 e. The Morgan fingerprint density at radius 1 is 1.15 bits per heavy atom. The monoisotopic (exact) mass is 441 g/mol. The molecule has 3 aromatic heterocycles. The summed E-state index contributed by atoms with van der Waals surface area (Å²) in [5, 5.41) is 3.39. The molecule has 1 aromatic carbocycles. The van der Waals surface area contributed by atoms with Crippen LogP contribution in [0, 0.1) is 0 Å². The summed E-state index contributed by atoms with van der Waals surface area (Å²) in [6.45, 7) is 2.92. The molecule has 0 saturated carbocycles. The second-order valence-corrected chi connectivity index (χ2v) is 9.32. The summed E-state index contributed by atoms with van der Waals surface area (Å²) in [5.74, 6) is 0.861. The molecular formula is C20H16BrN3S2. The average molecular weight is 442 g/mol. The van der Waals surface area contributed by atoms with E-state index in [2.05, 4.69) is 61.5 Å². The molecule has 0 N–H and O–H groups in total. The molecule has 0 bridgehead atoms. The lowest BCUT2D eigenvalue weighted by atomic mass is 10.1. The minimum atomic E-state index is 0.861. The third kappa shape index (κ3) is 3.01. The van der Waals surface area contributed by atoms with Crippen molar-refractivity contribution in [3.8, 4) is 10.7 Å². The van der Waals surface area contributed by atoms with Crippen LogP contribution >= 0.6 is 38.6 Å². The van der Waals surface area contributed by atoms with Crippen LogP contribution < -0.4 is 0 Å². The van der Waals surface area contributed by atoms with Crippen molar-refractivity contribution in [3.63, 3.8) is 0 Å². The van der Waals surface area contributed by atoms with Crippen LogP contribution in [0.2, 0.25) is 0 Å². The van der Waals surface area contributed by atoms with E-state index in [1.165, 1.54) is 30.7 Å². The van der Waals surface area contributed by atoms with E-state index in [0.29, 0.717) is 0 Å². The lowest BCUT2D eigenvalue weighted by Gasteiger charge is -2.27. The summed E-state index contributed by atoms with van der Waals surface area (Å²) in [4.78, 5) is 14.4. The summed E-state index contributed by atoms with van der Waals surface area (Å²) in [5.41, 5.74) is 2.46. The first-order valence-electron chi connectivity index (χ1n) is 8.55. The number of hydrogen-bond donors (Lipinski definition) is 0. The predicted molar refractivity (Wildman–Crippen MR) is 113 cm³/mol. The third-order valence-corrected chi connectivity index (χ3v) is 7.91. The Hall–Kier alpha value is -1.60. The molecule has 0 radical (unpaired) electrons. The molecule has 26 heavy (non-hydrogen) atoms. The normalized spacial score (nSPS) is 14.7. The van der Waals surface area contributed by atoms with Crippen LogP contribution in [0.3, 0.4) is 0 Å². The minimum Gasteiger partial charge on any atom is -0.293 e. The Balaban J connectivity index is 1.38. The summed E-state index contributed by atoms with van der Waals surface area (Å²) < 4.78 is 2.59. The molecule has 130 valence electrons. The van der Waals surface area contributed by atoms with E-state index >= 15 is 0 Å². The Labute approximate surface area is 168 Å². The molecule has 3 nitrogen and oxygen atoms in total. The first-order valence-corrected chi connectivity index (χ1v) is 11.0. The Morgan fingerprint density at radius 3 is 2.92 bits per heavy atom. The lowest BCUT2D eigenvalue weighted by Crippen LogP contribution is -2.30. The van der Waals surface area contributed by atoms with Gasteiger partial charge in [0.05, 0.1) is 10.6 Å². The molecule has 0 saturated heterocycles. The van der Waals surface area contributed by atoms with Gasteiger partial charge in [0, 0.05) is 57.3 Å². The van der Waals surface area contributed by atoms with E-state index in [9.17, 15) is 0 Å². The number of thiophene rings is 2. The molecule has 4 heterocycles. The number of fused-ring (bicyclic) bond motifs is 2. The molecule has 0 unspecified atom stereocenters. The van der Waals surface area contributed by atoms with E-state index in [-0.39, 0.29) is 0 Å². The Kier molecular flexibility index (Phi) is 4.36. The minimum absolute atomic E-state index is 0.861. The van der Waals surface area contributed by atoms with Crippen molar-refractivity contribution in [2.24, 2.45) is 0 Å². The Bertz CT molecular complexity index is 1070. The van der Waals surface area contributed by atoms with E-state index in [1.807, 2.05) is 23.6 Å². The summed E-state index contributed by atoms with van der Waals surface area (Å²) in [6, 6.07) is 12.7. The second kappa shape index (κ2) is 6.85. The van der Waals surface area contributed by atoms with Crippen molar-refractivity contribution >= 4 is 48.7 Å². The first-order chi connectivity index (χ1) is 12.8. The van der Waals surface area contributed by atoms with Crippen molar-refractivity contribution in [3.05, 3.63) is 68.6 Å². The summed E-state index contributed by atoms with van der Waals surface area (Å²) in [6.07, 6.45) is 3.00. The van der Waals surface area contributed by atoms with E-state index in [0.717, 1.165) is 36.8 Å². The van der Waals surface area contributed by atoms with Crippen molar-refractivity contribution in [1.82, 2.24) is 14.9 Å². The van der Waals surface area contributed by atoms with Crippen molar-refractivity contribution in [2.45, 2.75) is 19.5 Å². The standard InChI is InChI=1S/C20H16BrN3S2/c21-19-14-4-1-2-5-16(14)26-18(19)12-24-8-7-15-13(11-24)10-22-20(23-15)17-6-3-9-25-17/h1-6,9-10H,7-8,11-12H2. The Morgan fingerprint density at radius 2 is 2.08 bits per heavy atom. The van der Waals surface area contributed by atoms with Gasteiger partial charge in [0.1, 0.15) is 0 Å². The maximum atomic E-state index is 4.82. The zero-order chi connectivity index (χ0) is 17.5. The zero-order valence-electron chi connectivity index (χ0n) is 14.0. The summed E-state index contributed by atoms with van der Waals surface area (Å²) in [7, 11) is 0. The number of aromatic nitrogens is 2. The molecule has 0 atom stereocenters. The quantitative estimate of drug-likeness (QED) is 0.405. The van der Waals surface area contributed by atoms with Gasteiger partial charge in [-0.05, 0) is 33.4 Å². The number of hydrogen-bond acceptors (Lipinski definition) is 5. The van der Waals surface area contributed by atoms with Gasteiger partial charge in [0.15, 0.2) is 5.82 Å². The highest BCUT2D eigenvalue weighted by atomic mass is 79.9. The first kappa shape index (κ1) is 16.6. The van der Waals surface area contributed by atoms with Gasteiger partial charge in [-0.1, -0.05) is 24.3 Å². The second-order valence-electron chi connectivity index (χ2n) is 6.44. The van der Waals surface area contributed by atoms with Gasteiger partial charge in [0.2, 0.25) is 0 Å². The van der Waals surface area contributed by atoms with E-state index in [4.69, 9.17) is 4.98 Å². The van der Waals surface area contributed by atoms with Gasteiger partial charge in [-0.25, -0.2) is 9.97 Å². The molecule has 6 heteroatoms. The van der Waals surface area contributed by atoms with Gasteiger partial charge >= 0.3 is 0 Å². The number of halogens is 1. The van der Waals surface area contributed by atoms with Crippen LogP contribution in [0.4, 0.5) is 0 Å². The van der Waals surface area contributed by atoms with Crippen LogP contribution in [0.5, 0.6) is 0 Å². The number of rotatable bonds is 3. The maximum Gasteiger partial charge on any atom is 0.169 e. The smallest absolute Gasteiger partial charge is 0.169 e. The van der Waals surface area contributed by atoms with Crippen LogP contribution in [0.15, 0.2) is 52.4 Å². The average Bonchev–Trinajstić information content (AvgIpc) is 3.31. The van der Waals surface area contributed by atoms with E-state index in [1.54, 1.807) is 11.3 Å². The molecule has 4 aromatic rings. The van der Waals surface area contributed by atoms with Gasteiger partial charge in [0.25, 0.3) is 0 Å². The summed E-state index contributed by atoms with van der Waals surface area (Å²) >= 11 is 7.38. The fraction of sp³-hybridized carbons (Fsp3) is 0.200. The third-order valence-electron chi connectivity index (χ3n) is 4.72. The zero-order valence-corrected chi connectivity index (χ0v) is 17.2. The lowest BCUT2D eigenvalue weighted by molar-refractivity contribution is 0.245. The van der Waals surface area contributed by atoms with Gasteiger partial charge in [-0.15, -0.1) is 22.7 Å². The van der Waals surface area contributed by atoms with Gasteiger partial charge in [-0.3, -0.25) is 4.90 Å². The fourth-order valence-electron chi connectivity index (χ4n) is 3.40. The predicted octanol–water partition coefficient (Wildman–Crippen LogP) is 5.74. The van der Waals surface area contributed by atoms with Crippen LogP contribution in [0.1, 0.15) is 16.1 Å². The van der Waals surface area contributed by atoms with Crippen molar-refractivity contribution in [2.75, 3.05) is 6.54 Å². The number of benzene rings is 1. The number of nitrogens with zero attached hydrogens (tertiary/aromatic N) is 3. The van der Waals surface area contributed by atoms with Crippen molar-refractivity contribution in [1.29, 1.82) is 0 Å². The molecule has 1 aliphatic heterocycles.